The average Bonchev–Trinajstić information content (AvgIpc) is 3.53. The van der Waals surface area contributed by atoms with Crippen molar-refractivity contribution in [2.75, 3.05) is 66.3 Å². The molecule has 46 heavy (non-hydrogen) atoms. The lowest BCUT2D eigenvalue weighted by molar-refractivity contribution is -0.0000200. The predicted octanol–water partition coefficient (Wildman–Crippen LogP) is 1.43. The van der Waals surface area contributed by atoms with E-state index in [0.29, 0.717) is 18.1 Å². The summed E-state index contributed by atoms with van der Waals surface area (Å²) in [5.74, 6) is 2.18. The molecule has 0 aromatic heterocycles. The summed E-state index contributed by atoms with van der Waals surface area (Å²) in [6.45, 7) is 6.56. The molecular formula is C37H41BrN3O4P. The zero-order valence-electron chi connectivity index (χ0n) is 26.4. The number of nitrogens with zero attached hydrogens (tertiary/aromatic N) is 3. The maximum Gasteiger partial charge on any atom is 0.164 e. The Labute approximate surface area is 283 Å². The molecule has 240 valence electrons. The highest BCUT2D eigenvalue weighted by Gasteiger charge is 2.46. The van der Waals surface area contributed by atoms with Crippen LogP contribution in [0.25, 0.3) is 0 Å². The largest absolute Gasteiger partial charge is 1.00 e. The highest BCUT2D eigenvalue weighted by Crippen LogP contribution is 2.55. The molecule has 9 heteroatoms. The number of hydrogen-bond acceptors (Lipinski definition) is 7. The van der Waals surface area contributed by atoms with Crippen molar-refractivity contribution in [3.63, 3.8) is 0 Å². The monoisotopic (exact) mass is 701 g/mol. The normalized spacial score (nSPS) is 19.5. The first-order valence-electron chi connectivity index (χ1n) is 15.8. The summed E-state index contributed by atoms with van der Waals surface area (Å²) in [6.07, 6.45) is 1.08. The molecule has 1 saturated heterocycles. The van der Waals surface area contributed by atoms with E-state index in [1.165, 1.54) is 15.9 Å². The lowest BCUT2D eigenvalue weighted by atomic mass is 9.90. The van der Waals surface area contributed by atoms with E-state index < -0.39 is 7.26 Å². The van der Waals surface area contributed by atoms with Gasteiger partial charge in [0.15, 0.2) is 17.6 Å². The maximum absolute atomic E-state index is 6.17. The number of rotatable bonds is 10. The summed E-state index contributed by atoms with van der Waals surface area (Å²) < 4.78 is 17.2. The van der Waals surface area contributed by atoms with Crippen LogP contribution in [0.5, 0.6) is 17.2 Å². The second-order valence-electron chi connectivity index (χ2n) is 11.9. The molecular weight excluding hydrogens is 661 g/mol. The Morgan fingerprint density at radius 1 is 0.739 bits per heavy atom. The van der Waals surface area contributed by atoms with Gasteiger partial charge in [-0.1, -0.05) is 59.8 Å². The van der Waals surface area contributed by atoms with Crippen molar-refractivity contribution in [1.82, 2.24) is 9.80 Å². The summed E-state index contributed by atoms with van der Waals surface area (Å²) in [5, 5.41) is 8.88. The fourth-order valence-corrected chi connectivity index (χ4v) is 11.3. The third-order valence-corrected chi connectivity index (χ3v) is 13.9. The summed E-state index contributed by atoms with van der Waals surface area (Å²) in [4.78, 5) is 11.2. The second kappa shape index (κ2) is 14.6. The highest BCUT2D eigenvalue weighted by molar-refractivity contribution is 7.95. The molecule has 1 fully saturated rings. The third kappa shape index (κ3) is 6.28. The minimum absolute atomic E-state index is 0. The number of ether oxygens (including phenoxy) is 3. The van der Waals surface area contributed by atoms with Gasteiger partial charge in [-0.05, 0) is 42.5 Å². The summed E-state index contributed by atoms with van der Waals surface area (Å²) >= 11 is 0. The maximum atomic E-state index is 6.17. The molecule has 0 aliphatic carbocycles. The minimum atomic E-state index is -1.83. The predicted molar refractivity (Wildman–Crippen MR) is 183 cm³/mol. The second-order valence-corrected chi connectivity index (χ2v) is 15.5. The fourth-order valence-electron chi connectivity index (χ4n) is 7.02. The molecule has 3 aliphatic heterocycles. The molecule has 4 aromatic rings. The SMILES string of the molecule is COc1cc2c(cc1OC)C1=NOC(CN3CCN(CC[P+](c4ccccc4)(c4ccccc4)c4ccccc4)CC3)C1CO2.[Br-]. The molecule has 2 atom stereocenters. The van der Waals surface area contributed by atoms with Crippen LogP contribution in [0.2, 0.25) is 0 Å². The van der Waals surface area contributed by atoms with Gasteiger partial charge in [-0.2, -0.15) is 0 Å². The number of benzene rings is 4. The standard InChI is InChI=1S/C37H41N3O4P.BrH/c1-41-34-24-31-33(25-35(34)42-2)43-27-32-36(44-38-37(31)32)26-40-20-18-39(19-21-40)22-23-45(28-12-6-3-7-13-28,29-14-8-4-9-15-29)30-16-10-5-11-17-30;/h3-17,24-25,32,36H,18-23,26-27H2,1-2H3;1H/q+1;/p-1. The van der Waals surface area contributed by atoms with Gasteiger partial charge < -0.3 is 36.0 Å². The fraction of sp³-hybridized carbons (Fsp3) is 0.324. The molecule has 0 amide bonds. The molecule has 7 rings (SSSR count). The molecule has 0 bridgehead atoms. The molecule has 3 aliphatic rings. The van der Waals surface area contributed by atoms with Gasteiger partial charge in [0.2, 0.25) is 0 Å². The number of hydrogen-bond donors (Lipinski definition) is 0. The van der Waals surface area contributed by atoms with Crippen molar-refractivity contribution in [2.45, 2.75) is 6.10 Å². The lowest BCUT2D eigenvalue weighted by Gasteiger charge is -2.37. The van der Waals surface area contributed by atoms with E-state index in [-0.39, 0.29) is 29.0 Å². The van der Waals surface area contributed by atoms with E-state index in [1.807, 2.05) is 12.1 Å². The first-order valence-corrected chi connectivity index (χ1v) is 17.8. The van der Waals surface area contributed by atoms with Crippen LogP contribution in [0.3, 0.4) is 0 Å². The van der Waals surface area contributed by atoms with Gasteiger partial charge >= 0.3 is 0 Å². The summed E-state index contributed by atoms with van der Waals surface area (Å²) in [7, 11) is 1.45. The van der Waals surface area contributed by atoms with Crippen LogP contribution in [-0.2, 0) is 4.84 Å². The highest BCUT2D eigenvalue weighted by atomic mass is 79.9. The zero-order valence-corrected chi connectivity index (χ0v) is 28.9. The van der Waals surface area contributed by atoms with Gasteiger partial charge in [0.25, 0.3) is 0 Å². The Balaban J connectivity index is 0.00000372. The van der Waals surface area contributed by atoms with E-state index in [4.69, 9.17) is 19.0 Å². The zero-order chi connectivity index (χ0) is 30.6. The van der Waals surface area contributed by atoms with Crippen LogP contribution in [0, 0.1) is 5.92 Å². The topological polar surface area (TPSA) is 55.8 Å². The summed E-state index contributed by atoms with van der Waals surface area (Å²) in [5.41, 5.74) is 1.88. The minimum Gasteiger partial charge on any atom is -1.00 e. The third-order valence-electron chi connectivity index (χ3n) is 9.51. The lowest BCUT2D eigenvalue weighted by Crippen LogP contribution is -3.00. The molecule has 3 heterocycles. The average molecular weight is 703 g/mol. The van der Waals surface area contributed by atoms with E-state index in [9.17, 15) is 0 Å². The Morgan fingerprint density at radius 2 is 1.26 bits per heavy atom. The number of piperazine rings is 1. The first kappa shape index (κ1) is 32.5. The van der Waals surface area contributed by atoms with E-state index in [1.54, 1.807) is 14.2 Å². The van der Waals surface area contributed by atoms with Crippen LogP contribution in [0.15, 0.2) is 108 Å². The molecule has 0 radical (unpaired) electrons. The number of methoxy groups -OCH3 is 2. The van der Waals surface area contributed by atoms with Gasteiger partial charge in [0, 0.05) is 50.9 Å². The van der Waals surface area contributed by atoms with Gasteiger partial charge in [-0.15, -0.1) is 0 Å². The van der Waals surface area contributed by atoms with Crippen molar-refractivity contribution < 1.29 is 36.0 Å². The molecule has 0 saturated carbocycles. The number of fused-ring (bicyclic) bond motifs is 3. The molecule has 2 unspecified atom stereocenters. The van der Waals surface area contributed by atoms with E-state index in [0.717, 1.165) is 62.5 Å². The Kier molecular flexibility index (Phi) is 10.3. The Hall–Kier alpha value is -3.42. The van der Waals surface area contributed by atoms with Crippen molar-refractivity contribution in [2.24, 2.45) is 11.1 Å². The van der Waals surface area contributed by atoms with Crippen LogP contribution < -0.4 is 47.1 Å². The molecule has 0 spiro atoms. The van der Waals surface area contributed by atoms with Crippen LogP contribution in [0.4, 0.5) is 0 Å². The number of halogens is 1. The van der Waals surface area contributed by atoms with Crippen LogP contribution in [0.1, 0.15) is 5.56 Å². The van der Waals surface area contributed by atoms with Crippen molar-refractivity contribution in [3.05, 3.63) is 109 Å². The summed E-state index contributed by atoms with van der Waals surface area (Å²) in [6, 6.07) is 37.4. The Bertz CT molecular complexity index is 1520. The Morgan fingerprint density at radius 3 is 1.80 bits per heavy atom. The smallest absolute Gasteiger partial charge is 0.164 e. The van der Waals surface area contributed by atoms with Crippen LogP contribution >= 0.6 is 7.26 Å². The van der Waals surface area contributed by atoms with Gasteiger partial charge in [0.05, 0.1) is 26.3 Å². The first-order chi connectivity index (χ1) is 22.2. The quantitative estimate of drug-likeness (QED) is 0.234. The molecule has 7 nitrogen and oxygen atoms in total. The van der Waals surface area contributed by atoms with E-state index >= 15 is 0 Å². The van der Waals surface area contributed by atoms with Gasteiger partial charge in [0.1, 0.15) is 41.2 Å². The van der Waals surface area contributed by atoms with Crippen molar-refractivity contribution in [3.8, 4) is 17.2 Å². The van der Waals surface area contributed by atoms with Gasteiger partial charge in [-0.25, -0.2) is 0 Å². The molecule has 0 N–H and O–H groups in total. The van der Waals surface area contributed by atoms with E-state index in [2.05, 4.69) is 106 Å². The molecule has 4 aromatic carbocycles. The van der Waals surface area contributed by atoms with Crippen molar-refractivity contribution in [1.29, 1.82) is 0 Å². The number of oxime groups is 1. The van der Waals surface area contributed by atoms with Crippen molar-refractivity contribution >= 4 is 28.9 Å². The van der Waals surface area contributed by atoms with Crippen LogP contribution in [-0.4, -0.2) is 87.9 Å². The van der Waals surface area contributed by atoms with Gasteiger partial charge in [-0.3, -0.25) is 9.80 Å².